The molecule has 1 atom stereocenters. The van der Waals surface area contributed by atoms with Crippen LogP contribution in [-0.2, 0) is 9.59 Å². The highest BCUT2D eigenvalue weighted by atomic mass is 16.2. The predicted molar refractivity (Wildman–Crippen MR) is 73.6 cm³/mol. The molecule has 108 valence electrons. The summed E-state index contributed by atoms with van der Waals surface area (Å²) < 4.78 is 0. The Kier molecular flexibility index (Phi) is 5.19. The van der Waals surface area contributed by atoms with Crippen LogP contribution in [0.4, 0.5) is 0 Å². The smallest absolute Gasteiger partial charge is 0.239 e. The molecule has 2 saturated heterocycles. The molecule has 2 fully saturated rings. The van der Waals surface area contributed by atoms with E-state index >= 15 is 0 Å². The van der Waals surface area contributed by atoms with Gasteiger partial charge in [0.2, 0.25) is 11.8 Å². The summed E-state index contributed by atoms with van der Waals surface area (Å²) in [6.45, 7) is 5.20. The lowest BCUT2D eigenvalue weighted by Crippen LogP contribution is -2.48. The predicted octanol–water partition coefficient (Wildman–Crippen LogP) is 0.503. The summed E-state index contributed by atoms with van der Waals surface area (Å²) in [4.78, 5) is 26.0. The van der Waals surface area contributed by atoms with Crippen molar-refractivity contribution in [3.8, 4) is 0 Å². The first-order valence-corrected chi connectivity index (χ1v) is 7.52. The van der Waals surface area contributed by atoms with Gasteiger partial charge in [0.1, 0.15) is 0 Å². The molecule has 0 bridgehead atoms. The number of carbonyl (C=O) groups is 2. The number of hydrogen-bond acceptors (Lipinski definition) is 3. The molecule has 2 N–H and O–H groups in total. The zero-order valence-electron chi connectivity index (χ0n) is 11.8. The van der Waals surface area contributed by atoms with Crippen molar-refractivity contribution in [1.82, 2.24) is 15.5 Å². The molecule has 2 heterocycles. The topological polar surface area (TPSA) is 61.4 Å². The molecule has 0 radical (unpaired) electrons. The van der Waals surface area contributed by atoms with Crippen molar-refractivity contribution < 1.29 is 9.59 Å². The van der Waals surface area contributed by atoms with Crippen LogP contribution >= 0.6 is 0 Å². The summed E-state index contributed by atoms with van der Waals surface area (Å²) in [6, 6.07) is 0.0190. The molecule has 5 nitrogen and oxygen atoms in total. The Morgan fingerprint density at radius 3 is 2.58 bits per heavy atom. The number of amides is 2. The summed E-state index contributed by atoms with van der Waals surface area (Å²) in [5.74, 6) is 0.477. The third-order valence-electron chi connectivity index (χ3n) is 4.09. The highest BCUT2D eigenvalue weighted by molar-refractivity contribution is 5.83. The molecule has 0 spiro atoms. The molecular weight excluding hydrogens is 242 g/mol. The summed E-state index contributed by atoms with van der Waals surface area (Å²) in [5.41, 5.74) is 0. The average Bonchev–Trinajstić information content (AvgIpc) is 2.98. The summed E-state index contributed by atoms with van der Waals surface area (Å²) in [5, 5.41) is 6.19. The zero-order valence-corrected chi connectivity index (χ0v) is 11.8. The quantitative estimate of drug-likeness (QED) is 0.780. The Hall–Kier alpha value is -1.10. The van der Waals surface area contributed by atoms with E-state index in [4.69, 9.17) is 0 Å². The van der Waals surface area contributed by atoms with Gasteiger partial charge in [-0.25, -0.2) is 0 Å². The first kappa shape index (κ1) is 14.3. The lowest BCUT2D eigenvalue weighted by molar-refractivity contribution is -0.137. The summed E-state index contributed by atoms with van der Waals surface area (Å²) in [6.07, 6.45) is 4.61. The van der Waals surface area contributed by atoms with Gasteiger partial charge in [0, 0.05) is 25.6 Å². The Balaban J connectivity index is 1.75. The number of likely N-dealkylation sites (tertiary alicyclic amines) is 1. The van der Waals surface area contributed by atoms with Crippen LogP contribution in [0.5, 0.6) is 0 Å². The molecule has 0 aromatic heterocycles. The lowest BCUT2D eigenvalue weighted by Gasteiger charge is -2.33. The molecule has 0 aromatic carbocycles. The first-order chi connectivity index (χ1) is 9.22. The van der Waals surface area contributed by atoms with E-state index < -0.39 is 0 Å². The van der Waals surface area contributed by atoms with Crippen LogP contribution < -0.4 is 10.6 Å². The van der Waals surface area contributed by atoms with Gasteiger partial charge in [0.25, 0.3) is 0 Å². The fourth-order valence-electron chi connectivity index (χ4n) is 2.87. The van der Waals surface area contributed by atoms with Gasteiger partial charge in [-0.15, -0.1) is 0 Å². The van der Waals surface area contributed by atoms with Crippen LogP contribution in [-0.4, -0.2) is 48.9 Å². The van der Waals surface area contributed by atoms with Gasteiger partial charge in [-0.3, -0.25) is 9.59 Å². The lowest BCUT2D eigenvalue weighted by atomic mass is 9.95. The van der Waals surface area contributed by atoms with E-state index in [-0.39, 0.29) is 23.8 Å². The third kappa shape index (κ3) is 3.69. The number of rotatable bonds is 4. The minimum Gasteiger partial charge on any atom is -0.356 e. The monoisotopic (exact) mass is 267 g/mol. The van der Waals surface area contributed by atoms with Gasteiger partial charge in [-0.05, 0) is 38.6 Å². The number of hydrogen-bond donors (Lipinski definition) is 2. The van der Waals surface area contributed by atoms with Gasteiger partial charge in [-0.2, -0.15) is 0 Å². The Labute approximate surface area is 115 Å². The molecular formula is C14H25N3O2. The SMILES string of the molecule is CCCNC(=O)C1CCN(C(=O)C2CCCN2)CC1. The van der Waals surface area contributed by atoms with Crippen LogP contribution in [0, 0.1) is 5.92 Å². The third-order valence-corrected chi connectivity index (χ3v) is 4.09. The van der Waals surface area contributed by atoms with E-state index in [9.17, 15) is 9.59 Å². The fraction of sp³-hybridized carbons (Fsp3) is 0.857. The minimum atomic E-state index is 0.0190. The van der Waals surface area contributed by atoms with Crippen molar-refractivity contribution in [2.75, 3.05) is 26.2 Å². The van der Waals surface area contributed by atoms with E-state index in [1.807, 2.05) is 4.90 Å². The fourth-order valence-corrected chi connectivity index (χ4v) is 2.87. The zero-order chi connectivity index (χ0) is 13.7. The van der Waals surface area contributed by atoms with Crippen molar-refractivity contribution in [3.63, 3.8) is 0 Å². The van der Waals surface area contributed by atoms with Crippen molar-refractivity contribution in [1.29, 1.82) is 0 Å². The largest absolute Gasteiger partial charge is 0.356 e. The molecule has 0 saturated carbocycles. The number of carbonyl (C=O) groups excluding carboxylic acids is 2. The molecule has 5 heteroatoms. The van der Waals surface area contributed by atoms with E-state index in [1.165, 1.54) is 0 Å². The summed E-state index contributed by atoms with van der Waals surface area (Å²) >= 11 is 0. The number of nitrogens with one attached hydrogen (secondary N) is 2. The highest BCUT2D eigenvalue weighted by Gasteiger charge is 2.31. The second-order valence-corrected chi connectivity index (χ2v) is 5.54. The van der Waals surface area contributed by atoms with Crippen LogP contribution in [0.25, 0.3) is 0 Å². The van der Waals surface area contributed by atoms with Crippen molar-refractivity contribution in [2.45, 2.75) is 45.1 Å². The molecule has 2 aliphatic heterocycles. The van der Waals surface area contributed by atoms with Gasteiger partial charge in [0.05, 0.1) is 6.04 Å². The van der Waals surface area contributed by atoms with Crippen LogP contribution in [0.3, 0.4) is 0 Å². The Morgan fingerprint density at radius 1 is 1.26 bits per heavy atom. The van der Waals surface area contributed by atoms with E-state index in [0.717, 1.165) is 58.3 Å². The van der Waals surface area contributed by atoms with Crippen LogP contribution in [0.15, 0.2) is 0 Å². The second-order valence-electron chi connectivity index (χ2n) is 5.54. The van der Waals surface area contributed by atoms with E-state index in [1.54, 1.807) is 0 Å². The van der Waals surface area contributed by atoms with Gasteiger partial charge < -0.3 is 15.5 Å². The van der Waals surface area contributed by atoms with Crippen LogP contribution in [0.2, 0.25) is 0 Å². The Bertz CT molecular complexity index is 319. The van der Waals surface area contributed by atoms with Gasteiger partial charge in [-0.1, -0.05) is 6.92 Å². The second kappa shape index (κ2) is 6.89. The maximum atomic E-state index is 12.2. The average molecular weight is 267 g/mol. The normalized spacial score (nSPS) is 24.5. The molecule has 2 aliphatic rings. The molecule has 1 unspecified atom stereocenters. The standard InChI is InChI=1S/C14H25N3O2/c1-2-7-16-13(18)11-5-9-17(10-6-11)14(19)12-4-3-8-15-12/h11-12,15H,2-10H2,1H3,(H,16,18). The van der Waals surface area contributed by atoms with Crippen molar-refractivity contribution in [3.05, 3.63) is 0 Å². The van der Waals surface area contributed by atoms with Crippen molar-refractivity contribution in [2.24, 2.45) is 5.92 Å². The molecule has 0 aromatic rings. The van der Waals surface area contributed by atoms with Gasteiger partial charge >= 0.3 is 0 Å². The summed E-state index contributed by atoms with van der Waals surface area (Å²) in [7, 11) is 0. The van der Waals surface area contributed by atoms with E-state index in [2.05, 4.69) is 17.6 Å². The first-order valence-electron chi connectivity index (χ1n) is 7.52. The number of piperidine rings is 1. The van der Waals surface area contributed by atoms with E-state index in [0.29, 0.717) is 0 Å². The van der Waals surface area contributed by atoms with Crippen LogP contribution in [0.1, 0.15) is 39.0 Å². The maximum absolute atomic E-state index is 12.2. The molecule has 2 amide bonds. The Morgan fingerprint density at radius 2 is 2.00 bits per heavy atom. The highest BCUT2D eigenvalue weighted by Crippen LogP contribution is 2.19. The van der Waals surface area contributed by atoms with Crippen molar-refractivity contribution >= 4 is 11.8 Å². The molecule has 2 rings (SSSR count). The molecule has 19 heavy (non-hydrogen) atoms. The maximum Gasteiger partial charge on any atom is 0.239 e. The minimum absolute atomic E-state index is 0.0190. The molecule has 0 aliphatic carbocycles. The van der Waals surface area contributed by atoms with Gasteiger partial charge in [0.15, 0.2) is 0 Å². The number of nitrogens with zero attached hydrogens (tertiary/aromatic N) is 1.